The van der Waals surface area contributed by atoms with E-state index in [1.807, 2.05) is 12.3 Å². The van der Waals surface area contributed by atoms with Crippen LogP contribution in [0.3, 0.4) is 0 Å². The van der Waals surface area contributed by atoms with Gasteiger partial charge in [0.05, 0.1) is 10.6 Å². The lowest BCUT2D eigenvalue weighted by atomic mass is 10.1. The highest BCUT2D eigenvalue weighted by Crippen LogP contribution is 2.20. The molecule has 1 fully saturated rings. The molecule has 1 saturated heterocycles. The van der Waals surface area contributed by atoms with Gasteiger partial charge >= 0.3 is 0 Å². The van der Waals surface area contributed by atoms with Crippen LogP contribution in [0.5, 0.6) is 0 Å². The van der Waals surface area contributed by atoms with Crippen molar-refractivity contribution in [1.82, 2.24) is 15.2 Å². The zero-order chi connectivity index (χ0) is 17.9. The van der Waals surface area contributed by atoms with Crippen LogP contribution >= 0.6 is 0 Å². The molecule has 3 rings (SSSR count). The SMILES string of the molecule is CN1CCC(NCc2ccc(-c3ccc(S(C)(=O)=O)cc3)nc2)CC1. The van der Waals surface area contributed by atoms with Crippen LogP contribution in [0, 0.1) is 0 Å². The van der Waals surface area contributed by atoms with Crippen molar-refractivity contribution in [1.29, 1.82) is 0 Å². The second kappa shape index (κ2) is 7.64. The molecule has 6 heteroatoms. The van der Waals surface area contributed by atoms with E-state index in [-0.39, 0.29) is 0 Å². The van der Waals surface area contributed by atoms with Crippen LogP contribution in [-0.2, 0) is 16.4 Å². The predicted octanol–water partition coefficient (Wildman–Crippen LogP) is 2.34. The Morgan fingerprint density at radius 2 is 1.80 bits per heavy atom. The molecule has 0 spiro atoms. The fraction of sp³-hybridized carbons (Fsp3) is 0.421. The average molecular weight is 359 g/mol. The number of likely N-dealkylation sites (tertiary alicyclic amines) is 1. The molecule has 1 aliphatic heterocycles. The fourth-order valence-electron chi connectivity index (χ4n) is 3.05. The largest absolute Gasteiger partial charge is 0.310 e. The van der Waals surface area contributed by atoms with Gasteiger partial charge in [-0.05, 0) is 56.7 Å². The van der Waals surface area contributed by atoms with Gasteiger partial charge in [0.15, 0.2) is 9.84 Å². The quantitative estimate of drug-likeness (QED) is 0.888. The molecule has 25 heavy (non-hydrogen) atoms. The first kappa shape index (κ1) is 18.0. The normalized spacial score (nSPS) is 16.9. The second-order valence-electron chi connectivity index (χ2n) is 6.81. The monoisotopic (exact) mass is 359 g/mol. The van der Waals surface area contributed by atoms with Crippen LogP contribution in [0.1, 0.15) is 18.4 Å². The molecule has 0 amide bonds. The molecule has 5 nitrogen and oxygen atoms in total. The van der Waals surface area contributed by atoms with Gasteiger partial charge in [-0.25, -0.2) is 8.42 Å². The van der Waals surface area contributed by atoms with Gasteiger partial charge in [0, 0.05) is 30.6 Å². The topological polar surface area (TPSA) is 62.3 Å². The molecule has 2 aromatic rings. The summed E-state index contributed by atoms with van der Waals surface area (Å²) in [6.07, 6.45) is 5.48. The van der Waals surface area contributed by atoms with Crippen molar-refractivity contribution < 1.29 is 8.42 Å². The molecular weight excluding hydrogens is 334 g/mol. The van der Waals surface area contributed by atoms with Crippen LogP contribution in [0.2, 0.25) is 0 Å². The van der Waals surface area contributed by atoms with Crippen molar-refractivity contribution >= 4 is 9.84 Å². The zero-order valence-corrected chi connectivity index (χ0v) is 15.6. The molecule has 0 saturated carbocycles. The van der Waals surface area contributed by atoms with E-state index in [2.05, 4.69) is 28.3 Å². The van der Waals surface area contributed by atoms with Gasteiger partial charge in [0.1, 0.15) is 0 Å². The standard InChI is InChI=1S/C19H25N3O2S/c1-22-11-9-17(10-12-22)20-13-15-3-8-19(21-14-15)16-4-6-18(7-5-16)25(2,23)24/h3-8,14,17,20H,9-13H2,1-2H3. The number of pyridine rings is 1. The Kier molecular flexibility index (Phi) is 5.51. The van der Waals surface area contributed by atoms with E-state index in [4.69, 9.17) is 0 Å². The van der Waals surface area contributed by atoms with E-state index >= 15 is 0 Å². The number of nitrogens with one attached hydrogen (secondary N) is 1. The highest BCUT2D eigenvalue weighted by atomic mass is 32.2. The number of benzene rings is 1. The molecule has 0 aliphatic carbocycles. The predicted molar refractivity (Wildman–Crippen MR) is 100 cm³/mol. The van der Waals surface area contributed by atoms with E-state index in [0.29, 0.717) is 10.9 Å². The Bertz CT molecular complexity index is 794. The minimum atomic E-state index is -3.16. The Balaban J connectivity index is 1.60. The molecule has 0 radical (unpaired) electrons. The van der Waals surface area contributed by atoms with Crippen molar-refractivity contribution in [2.75, 3.05) is 26.4 Å². The third-order valence-corrected chi connectivity index (χ3v) is 5.84. The molecule has 1 aromatic heterocycles. The number of nitrogens with zero attached hydrogens (tertiary/aromatic N) is 2. The summed E-state index contributed by atoms with van der Waals surface area (Å²) in [4.78, 5) is 7.21. The number of hydrogen-bond donors (Lipinski definition) is 1. The molecule has 1 N–H and O–H groups in total. The first-order valence-corrected chi connectivity index (χ1v) is 10.5. The third kappa shape index (κ3) is 4.87. The van der Waals surface area contributed by atoms with E-state index in [9.17, 15) is 8.42 Å². The Labute approximate surface area is 150 Å². The molecular formula is C19H25N3O2S. The van der Waals surface area contributed by atoms with Crippen molar-refractivity contribution in [3.8, 4) is 11.3 Å². The maximum atomic E-state index is 11.5. The molecule has 134 valence electrons. The van der Waals surface area contributed by atoms with Crippen molar-refractivity contribution in [3.05, 3.63) is 48.2 Å². The lowest BCUT2D eigenvalue weighted by molar-refractivity contribution is 0.234. The Hall–Kier alpha value is -1.76. The van der Waals surface area contributed by atoms with E-state index in [1.54, 1.807) is 24.3 Å². The summed E-state index contributed by atoms with van der Waals surface area (Å²) >= 11 is 0. The molecule has 1 aromatic carbocycles. The van der Waals surface area contributed by atoms with Crippen LogP contribution < -0.4 is 5.32 Å². The van der Waals surface area contributed by atoms with Gasteiger partial charge in [0.2, 0.25) is 0 Å². The number of aromatic nitrogens is 1. The molecule has 2 heterocycles. The summed E-state index contributed by atoms with van der Waals surface area (Å²) in [5.74, 6) is 0. The minimum absolute atomic E-state index is 0.329. The summed E-state index contributed by atoms with van der Waals surface area (Å²) < 4.78 is 23.0. The molecule has 0 bridgehead atoms. The van der Waals surface area contributed by atoms with Crippen LogP contribution in [0.15, 0.2) is 47.5 Å². The van der Waals surface area contributed by atoms with Crippen LogP contribution in [-0.4, -0.2) is 50.7 Å². The number of rotatable bonds is 5. The summed E-state index contributed by atoms with van der Waals surface area (Å²) in [6, 6.07) is 11.5. The lowest BCUT2D eigenvalue weighted by Crippen LogP contribution is -2.40. The Morgan fingerprint density at radius 1 is 1.12 bits per heavy atom. The van der Waals surface area contributed by atoms with E-state index in [0.717, 1.165) is 36.5 Å². The Morgan fingerprint density at radius 3 is 2.36 bits per heavy atom. The van der Waals surface area contributed by atoms with E-state index in [1.165, 1.54) is 19.1 Å². The average Bonchev–Trinajstić information content (AvgIpc) is 2.61. The molecule has 0 unspecified atom stereocenters. The van der Waals surface area contributed by atoms with Gasteiger partial charge in [-0.3, -0.25) is 4.98 Å². The van der Waals surface area contributed by atoms with Crippen LogP contribution in [0.25, 0.3) is 11.3 Å². The summed E-state index contributed by atoms with van der Waals surface area (Å²) in [6.45, 7) is 3.13. The highest BCUT2D eigenvalue weighted by Gasteiger charge is 2.15. The van der Waals surface area contributed by atoms with Gasteiger partial charge in [-0.1, -0.05) is 18.2 Å². The first-order valence-electron chi connectivity index (χ1n) is 8.59. The third-order valence-electron chi connectivity index (χ3n) is 4.72. The summed E-state index contributed by atoms with van der Waals surface area (Å²) in [5.41, 5.74) is 2.93. The minimum Gasteiger partial charge on any atom is -0.310 e. The van der Waals surface area contributed by atoms with Gasteiger partial charge in [-0.15, -0.1) is 0 Å². The molecule has 0 atom stereocenters. The van der Waals surface area contributed by atoms with E-state index < -0.39 is 9.84 Å². The smallest absolute Gasteiger partial charge is 0.175 e. The first-order chi connectivity index (χ1) is 11.9. The molecule has 1 aliphatic rings. The number of piperidine rings is 1. The second-order valence-corrected chi connectivity index (χ2v) is 8.82. The maximum absolute atomic E-state index is 11.5. The van der Waals surface area contributed by atoms with Crippen molar-refractivity contribution in [2.24, 2.45) is 0 Å². The summed E-state index contributed by atoms with van der Waals surface area (Å²) in [5, 5.41) is 3.61. The zero-order valence-electron chi connectivity index (χ0n) is 14.8. The van der Waals surface area contributed by atoms with Gasteiger partial charge < -0.3 is 10.2 Å². The number of sulfone groups is 1. The fourth-order valence-corrected chi connectivity index (χ4v) is 3.68. The summed E-state index contributed by atoms with van der Waals surface area (Å²) in [7, 11) is -0.994. The van der Waals surface area contributed by atoms with Crippen molar-refractivity contribution in [3.63, 3.8) is 0 Å². The van der Waals surface area contributed by atoms with Gasteiger partial charge in [-0.2, -0.15) is 0 Å². The lowest BCUT2D eigenvalue weighted by Gasteiger charge is -2.29. The number of hydrogen-bond acceptors (Lipinski definition) is 5. The van der Waals surface area contributed by atoms with Gasteiger partial charge in [0.25, 0.3) is 0 Å². The maximum Gasteiger partial charge on any atom is 0.175 e. The van der Waals surface area contributed by atoms with Crippen LogP contribution in [0.4, 0.5) is 0 Å². The highest BCUT2D eigenvalue weighted by molar-refractivity contribution is 7.90. The van der Waals surface area contributed by atoms with Crippen molar-refractivity contribution in [2.45, 2.75) is 30.3 Å².